The Morgan fingerprint density at radius 2 is 1.76 bits per heavy atom. The molecular formula is C23H16F5N5O. The molecule has 0 aliphatic carbocycles. The van der Waals surface area contributed by atoms with Gasteiger partial charge in [-0.1, -0.05) is 11.3 Å². The van der Waals surface area contributed by atoms with Crippen LogP contribution in [0.5, 0.6) is 0 Å². The smallest absolute Gasteiger partial charge is 0.360 e. The second kappa shape index (κ2) is 8.08. The fraction of sp³-hybridized carbons (Fsp3) is 0.174. The Labute approximate surface area is 189 Å². The van der Waals surface area contributed by atoms with Crippen molar-refractivity contribution in [1.82, 2.24) is 24.9 Å². The van der Waals surface area contributed by atoms with Crippen molar-refractivity contribution in [3.63, 3.8) is 0 Å². The van der Waals surface area contributed by atoms with E-state index >= 15 is 0 Å². The Morgan fingerprint density at radius 3 is 2.44 bits per heavy atom. The van der Waals surface area contributed by atoms with Crippen molar-refractivity contribution < 1.29 is 26.7 Å². The number of aromatic amines is 1. The molecule has 1 amide bonds. The first-order chi connectivity index (χ1) is 16.2. The summed E-state index contributed by atoms with van der Waals surface area (Å²) in [6, 6.07) is 8.61. The molecule has 1 aliphatic heterocycles. The van der Waals surface area contributed by atoms with E-state index in [1.165, 1.54) is 17.0 Å². The van der Waals surface area contributed by atoms with E-state index in [0.29, 0.717) is 16.6 Å². The molecule has 174 valence electrons. The summed E-state index contributed by atoms with van der Waals surface area (Å²) in [4.78, 5) is 17.2. The highest BCUT2D eigenvalue weighted by molar-refractivity contribution is 5.96. The van der Waals surface area contributed by atoms with E-state index in [4.69, 9.17) is 0 Å². The minimum absolute atomic E-state index is 0.0722. The molecule has 3 heterocycles. The van der Waals surface area contributed by atoms with Crippen LogP contribution in [0.1, 0.15) is 28.2 Å². The van der Waals surface area contributed by atoms with Gasteiger partial charge in [0.15, 0.2) is 11.4 Å². The molecule has 0 spiro atoms. The minimum atomic E-state index is -4.92. The monoisotopic (exact) mass is 473 g/mol. The van der Waals surface area contributed by atoms with E-state index in [1.807, 2.05) is 0 Å². The maximum absolute atomic E-state index is 13.9. The predicted octanol–water partition coefficient (Wildman–Crippen LogP) is 4.98. The second-order valence-electron chi connectivity index (χ2n) is 7.80. The maximum Gasteiger partial charge on any atom is 0.435 e. The molecule has 4 aromatic rings. The molecule has 0 saturated carbocycles. The molecule has 0 fully saturated rings. The number of hydrogen-bond donors (Lipinski definition) is 1. The number of rotatable bonds is 3. The first-order valence-electron chi connectivity index (χ1n) is 10.3. The highest BCUT2D eigenvalue weighted by atomic mass is 19.4. The Morgan fingerprint density at radius 1 is 1.03 bits per heavy atom. The number of hydrogen-bond acceptors (Lipinski definition) is 3. The van der Waals surface area contributed by atoms with E-state index in [9.17, 15) is 26.7 Å². The standard InChI is InChI=1S/C23H16F5N5O/c24-14-1-4-16(5-2-14)33-21(23(26,27)28)20(30-31-33)22(34)32-9-7-13(8-10-32)18-12-29-19-11-15(25)3-6-17(18)19/h1-7,11-12,29H,8-10H2. The van der Waals surface area contributed by atoms with Crippen molar-refractivity contribution in [2.45, 2.75) is 12.6 Å². The number of halogens is 5. The second-order valence-corrected chi connectivity index (χ2v) is 7.80. The van der Waals surface area contributed by atoms with Crippen molar-refractivity contribution in [2.24, 2.45) is 0 Å². The van der Waals surface area contributed by atoms with Crippen LogP contribution in [0, 0.1) is 11.6 Å². The zero-order chi connectivity index (χ0) is 24.0. The van der Waals surface area contributed by atoms with E-state index in [1.54, 1.807) is 18.3 Å². The summed E-state index contributed by atoms with van der Waals surface area (Å²) in [6.07, 6.45) is -1.03. The summed E-state index contributed by atoms with van der Waals surface area (Å²) >= 11 is 0. The van der Waals surface area contributed by atoms with Crippen LogP contribution in [0.2, 0.25) is 0 Å². The van der Waals surface area contributed by atoms with E-state index < -0.39 is 29.3 Å². The van der Waals surface area contributed by atoms with Gasteiger partial charge in [-0.3, -0.25) is 4.79 Å². The van der Waals surface area contributed by atoms with E-state index in [2.05, 4.69) is 15.3 Å². The average Bonchev–Trinajstić information content (AvgIpc) is 3.44. The van der Waals surface area contributed by atoms with Crippen molar-refractivity contribution >= 4 is 22.4 Å². The third kappa shape index (κ3) is 3.82. The zero-order valence-electron chi connectivity index (χ0n) is 17.4. The third-order valence-corrected chi connectivity index (χ3v) is 5.70. The van der Waals surface area contributed by atoms with Crippen molar-refractivity contribution in [2.75, 3.05) is 13.1 Å². The molecule has 2 aromatic carbocycles. The summed E-state index contributed by atoms with van der Waals surface area (Å²) < 4.78 is 68.7. The average molecular weight is 473 g/mol. The number of alkyl halides is 3. The van der Waals surface area contributed by atoms with Gasteiger partial charge in [0.05, 0.1) is 5.69 Å². The van der Waals surface area contributed by atoms with Crippen LogP contribution in [-0.4, -0.2) is 43.9 Å². The highest BCUT2D eigenvalue weighted by Crippen LogP contribution is 2.34. The molecule has 1 aliphatic rings. The van der Waals surface area contributed by atoms with Crippen LogP contribution in [0.4, 0.5) is 22.0 Å². The molecule has 0 bridgehead atoms. The maximum atomic E-state index is 13.9. The minimum Gasteiger partial charge on any atom is -0.360 e. The Hall–Kier alpha value is -4.02. The summed E-state index contributed by atoms with van der Waals surface area (Å²) in [5.74, 6) is -1.90. The number of fused-ring (bicyclic) bond motifs is 1. The third-order valence-electron chi connectivity index (χ3n) is 5.70. The predicted molar refractivity (Wildman–Crippen MR) is 113 cm³/mol. The molecule has 1 N–H and O–H groups in total. The lowest BCUT2D eigenvalue weighted by atomic mass is 9.98. The number of benzene rings is 2. The molecular weight excluding hydrogens is 457 g/mol. The SMILES string of the molecule is O=C(c1nnn(-c2ccc(F)cc2)c1C(F)(F)F)N1CC=C(c2c[nH]c3cc(F)ccc23)CC1. The number of nitrogens with one attached hydrogen (secondary N) is 1. The largest absolute Gasteiger partial charge is 0.435 e. The lowest BCUT2D eigenvalue weighted by Gasteiger charge is -2.26. The lowest BCUT2D eigenvalue weighted by Crippen LogP contribution is -2.36. The lowest BCUT2D eigenvalue weighted by molar-refractivity contribution is -0.143. The van der Waals surface area contributed by atoms with Crippen molar-refractivity contribution in [3.05, 3.63) is 83.3 Å². The molecule has 6 nitrogen and oxygen atoms in total. The van der Waals surface area contributed by atoms with Gasteiger partial charge in [0.1, 0.15) is 11.6 Å². The summed E-state index contributed by atoms with van der Waals surface area (Å²) in [6.45, 7) is 0.238. The first kappa shape index (κ1) is 21.8. The van der Waals surface area contributed by atoms with Crippen molar-refractivity contribution in [3.8, 4) is 5.69 Å². The van der Waals surface area contributed by atoms with Crippen LogP contribution >= 0.6 is 0 Å². The summed E-state index contributed by atoms with van der Waals surface area (Å²) in [7, 11) is 0. The van der Waals surface area contributed by atoms with Gasteiger partial charge in [-0.2, -0.15) is 13.2 Å². The van der Waals surface area contributed by atoms with Crippen LogP contribution in [0.15, 0.2) is 54.7 Å². The number of H-pyrrole nitrogens is 1. The van der Waals surface area contributed by atoms with E-state index in [0.717, 1.165) is 40.8 Å². The van der Waals surface area contributed by atoms with Crippen LogP contribution in [0.25, 0.3) is 22.2 Å². The fourth-order valence-corrected chi connectivity index (χ4v) is 4.06. The van der Waals surface area contributed by atoms with Gasteiger partial charge in [-0.15, -0.1) is 5.10 Å². The van der Waals surface area contributed by atoms with Gasteiger partial charge in [-0.25, -0.2) is 13.5 Å². The van der Waals surface area contributed by atoms with Gasteiger partial charge < -0.3 is 9.88 Å². The van der Waals surface area contributed by atoms with Crippen LogP contribution in [-0.2, 0) is 6.18 Å². The van der Waals surface area contributed by atoms with E-state index in [-0.39, 0.29) is 24.6 Å². The van der Waals surface area contributed by atoms with Gasteiger partial charge in [0.25, 0.3) is 5.91 Å². The fourth-order valence-electron chi connectivity index (χ4n) is 4.06. The quantitative estimate of drug-likeness (QED) is 0.427. The molecule has 34 heavy (non-hydrogen) atoms. The van der Waals surface area contributed by atoms with Crippen molar-refractivity contribution in [1.29, 1.82) is 0 Å². The Bertz CT molecular complexity index is 1420. The van der Waals surface area contributed by atoms with Crippen LogP contribution in [0.3, 0.4) is 0 Å². The molecule has 11 heteroatoms. The van der Waals surface area contributed by atoms with Gasteiger partial charge in [0, 0.05) is 35.8 Å². The van der Waals surface area contributed by atoms with Gasteiger partial charge in [-0.05, 0) is 54.5 Å². The van der Waals surface area contributed by atoms with Gasteiger partial charge in [0.2, 0.25) is 0 Å². The molecule has 0 unspecified atom stereocenters. The molecule has 0 saturated heterocycles. The zero-order valence-corrected chi connectivity index (χ0v) is 17.4. The first-order valence-corrected chi connectivity index (χ1v) is 10.3. The molecule has 0 radical (unpaired) electrons. The number of amides is 1. The molecule has 2 aromatic heterocycles. The Balaban J connectivity index is 1.43. The number of carbonyl (C=O) groups excluding carboxylic acids is 1. The Kier molecular flexibility index (Phi) is 5.18. The molecule has 5 rings (SSSR count). The number of nitrogens with zero attached hydrogens (tertiary/aromatic N) is 4. The molecule has 0 atom stereocenters. The summed E-state index contributed by atoms with van der Waals surface area (Å²) in [5.41, 5.74) is 0.153. The number of carbonyl (C=O) groups is 1. The van der Waals surface area contributed by atoms with Gasteiger partial charge >= 0.3 is 6.18 Å². The summed E-state index contributed by atoms with van der Waals surface area (Å²) in [5, 5.41) is 7.86. The van der Waals surface area contributed by atoms with Crippen LogP contribution < -0.4 is 0 Å². The topological polar surface area (TPSA) is 66.8 Å². The highest BCUT2D eigenvalue weighted by Gasteiger charge is 2.43. The normalized spacial score (nSPS) is 14.5. The number of aromatic nitrogens is 4.